The van der Waals surface area contributed by atoms with Crippen molar-refractivity contribution in [2.45, 2.75) is 43.9 Å². The first-order valence-corrected chi connectivity index (χ1v) is 12.2. The average Bonchev–Trinajstić information content (AvgIpc) is 2.82. The lowest BCUT2D eigenvalue weighted by atomic mass is 9.48. The van der Waals surface area contributed by atoms with E-state index in [2.05, 4.69) is 5.32 Å². The number of aromatic hydroxyl groups is 1. The number of imide groups is 2. The molecule has 1 saturated heterocycles. The quantitative estimate of drug-likeness (QED) is 0.284. The lowest BCUT2D eigenvalue weighted by Crippen LogP contribution is -2.54. The van der Waals surface area contributed by atoms with Gasteiger partial charge in [-0.3, -0.25) is 25.0 Å². The molecule has 9 nitrogen and oxygen atoms in total. The number of phenols is 1. The van der Waals surface area contributed by atoms with Crippen LogP contribution < -0.4 is 10.2 Å². The standard InChI is InChI=1S/C27H25N3O6/c31-23-6-1-15(11-22(23)30(35)36)10-21-24(32)28-26(34)29(25(21)33)20-4-2-19(3-5-20)27-12-16-7-17(13-27)9-18(8-16)14-27/h1-6,10-11,16-18,31H,7-9,12-14H2,(H,28,32,34)/b21-10+. The molecule has 5 fully saturated rings. The first-order valence-electron chi connectivity index (χ1n) is 12.2. The summed E-state index contributed by atoms with van der Waals surface area (Å²) in [6.45, 7) is 0. The van der Waals surface area contributed by atoms with Crippen LogP contribution in [0.25, 0.3) is 6.08 Å². The van der Waals surface area contributed by atoms with E-state index in [0.29, 0.717) is 5.69 Å². The number of nitrogens with one attached hydrogen (secondary N) is 1. The maximum atomic E-state index is 13.2. The Bertz CT molecular complexity index is 1310. The summed E-state index contributed by atoms with van der Waals surface area (Å²) in [4.78, 5) is 49.6. The van der Waals surface area contributed by atoms with Crippen LogP contribution in [0.4, 0.5) is 16.2 Å². The largest absolute Gasteiger partial charge is 0.502 e. The monoisotopic (exact) mass is 487 g/mol. The first-order chi connectivity index (χ1) is 17.2. The van der Waals surface area contributed by atoms with Crippen molar-refractivity contribution >= 4 is 35.3 Å². The van der Waals surface area contributed by atoms with Gasteiger partial charge in [0.2, 0.25) is 0 Å². The first kappa shape index (κ1) is 22.5. The van der Waals surface area contributed by atoms with Crippen LogP contribution in [0.5, 0.6) is 5.75 Å². The zero-order valence-corrected chi connectivity index (χ0v) is 19.5. The van der Waals surface area contributed by atoms with Crippen LogP contribution in [0, 0.1) is 27.9 Å². The molecule has 2 aromatic carbocycles. The van der Waals surface area contributed by atoms with Gasteiger partial charge in [-0.1, -0.05) is 18.2 Å². The van der Waals surface area contributed by atoms with Crippen molar-refractivity contribution in [2.24, 2.45) is 17.8 Å². The Labute approximate surface area is 206 Å². The van der Waals surface area contributed by atoms with Crippen molar-refractivity contribution in [1.82, 2.24) is 5.32 Å². The second-order valence-corrected chi connectivity index (χ2v) is 10.7. The number of hydrogen-bond donors (Lipinski definition) is 2. The number of nitro benzene ring substituents is 1. The maximum Gasteiger partial charge on any atom is 0.335 e. The molecular formula is C27H25N3O6. The molecule has 2 aromatic rings. The Morgan fingerprint density at radius 3 is 2.17 bits per heavy atom. The van der Waals surface area contributed by atoms with E-state index in [-0.39, 0.29) is 16.6 Å². The highest BCUT2D eigenvalue weighted by Gasteiger charge is 2.51. The van der Waals surface area contributed by atoms with Gasteiger partial charge in [0.1, 0.15) is 5.57 Å². The molecule has 0 aromatic heterocycles. The molecule has 9 heteroatoms. The van der Waals surface area contributed by atoms with Crippen LogP contribution in [0.2, 0.25) is 0 Å². The summed E-state index contributed by atoms with van der Waals surface area (Å²) in [7, 11) is 0. The van der Waals surface area contributed by atoms with E-state index in [1.165, 1.54) is 56.2 Å². The zero-order chi connectivity index (χ0) is 25.2. The fourth-order valence-electron chi connectivity index (χ4n) is 7.26. The van der Waals surface area contributed by atoms with Gasteiger partial charge in [-0.2, -0.15) is 0 Å². The van der Waals surface area contributed by atoms with Gasteiger partial charge in [0.25, 0.3) is 11.8 Å². The third kappa shape index (κ3) is 3.57. The minimum absolute atomic E-state index is 0.171. The normalized spacial score (nSPS) is 30.1. The Morgan fingerprint density at radius 1 is 0.972 bits per heavy atom. The molecule has 4 aliphatic carbocycles. The number of urea groups is 1. The molecule has 1 aliphatic heterocycles. The van der Waals surface area contributed by atoms with Crippen molar-refractivity contribution in [3.63, 3.8) is 0 Å². The topological polar surface area (TPSA) is 130 Å². The second kappa shape index (κ2) is 8.01. The van der Waals surface area contributed by atoms with Crippen LogP contribution in [-0.2, 0) is 15.0 Å². The van der Waals surface area contributed by atoms with Crippen LogP contribution in [0.3, 0.4) is 0 Å². The minimum atomic E-state index is -0.887. The summed E-state index contributed by atoms with van der Waals surface area (Å²) in [5.41, 5.74) is 1.06. The van der Waals surface area contributed by atoms with E-state index in [1.54, 1.807) is 12.1 Å². The zero-order valence-electron chi connectivity index (χ0n) is 19.5. The van der Waals surface area contributed by atoms with E-state index in [4.69, 9.17) is 0 Å². The van der Waals surface area contributed by atoms with E-state index in [0.717, 1.165) is 34.8 Å². The van der Waals surface area contributed by atoms with Crippen molar-refractivity contribution < 1.29 is 24.4 Å². The van der Waals surface area contributed by atoms with Gasteiger partial charge >= 0.3 is 11.7 Å². The van der Waals surface area contributed by atoms with Crippen LogP contribution in [0.15, 0.2) is 48.0 Å². The van der Waals surface area contributed by atoms with Crippen molar-refractivity contribution in [1.29, 1.82) is 0 Å². The Kier molecular flexibility index (Phi) is 5.00. The number of nitro groups is 1. The van der Waals surface area contributed by atoms with Crippen LogP contribution in [-0.4, -0.2) is 27.9 Å². The molecule has 1 heterocycles. The van der Waals surface area contributed by atoms with E-state index in [1.807, 2.05) is 12.1 Å². The molecule has 0 radical (unpaired) electrons. The van der Waals surface area contributed by atoms with Crippen molar-refractivity contribution in [3.8, 4) is 5.75 Å². The van der Waals surface area contributed by atoms with Gasteiger partial charge < -0.3 is 5.11 Å². The highest BCUT2D eigenvalue weighted by atomic mass is 16.6. The summed E-state index contributed by atoms with van der Waals surface area (Å²) >= 11 is 0. The molecule has 7 rings (SSSR count). The highest BCUT2D eigenvalue weighted by Crippen LogP contribution is 2.60. The molecule has 0 spiro atoms. The van der Waals surface area contributed by atoms with Gasteiger partial charge in [-0.05, 0) is 97.1 Å². The molecular weight excluding hydrogens is 462 g/mol. The van der Waals surface area contributed by atoms with Gasteiger partial charge in [-0.25, -0.2) is 9.69 Å². The number of carbonyl (C=O) groups excluding carboxylic acids is 3. The Balaban J connectivity index is 1.29. The number of hydrogen-bond acceptors (Lipinski definition) is 6. The average molecular weight is 488 g/mol. The predicted molar refractivity (Wildman–Crippen MR) is 130 cm³/mol. The molecule has 0 unspecified atom stereocenters. The highest BCUT2D eigenvalue weighted by molar-refractivity contribution is 6.39. The van der Waals surface area contributed by atoms with Crippen LogP contribution >= 0.6 is 0 Å². The molecule has 2 N–H and O–H groups in total. The number of carbonyl (C=O) groups is 3. The number of amides is 4. The van der Waals surface area contributed by atoms with Gasteiger partial charge in [0.05, 0.1) is 10.6 Å². The number of anilines is 1. The second-order valence-electron chi connectivity index (χ2n) is 10.7. The van der Waals surface area contributed by atoms with Gasteiger partial charge in [0, 0.05) is 6.07 Å². The molecule has 4 amide bonds. The predicted octanol–water partition coefficient (Wildman–Crippen LogP) is 4.43. The number of rotatable bonds is 4. The molecule has 0 atom stereocenters. The third-order valence-corrected chi connectivity index (χ3v) is 8.38. The minimum Gasteiger partial charge on any atom is -0.502 e. The van der Waals surface area contributed by atoms with E-state index >= 15 is 0 Å². The summed E-state index contributed by atoms with van der Waals surface area (Å²) in [5.74, 6) is 0.140. The van der Waals surface area contributed by atoms with Crippen molar-refractivity contribution in [3.05, 3.63) is 69.3 Å². The molecule has 4 saturated carbocycles. The summed E-state index contributed by atoms with van der Waals surface area (Å²) in [6.07, 6.45) is 8.78. The Morgan fingerprint density at radius 2 is 1.58 bits per heavy atom. The maximum absolute atomic E-state index is 13.2. The van der Waals surface area contributed by atoms with Crippen molar-refractivity contribution in [2.75, 3.05) is 4.90 Å². The van der Waals surface area contributed by atoms with Gasteiger partial charge in [0.15, 0.2) is 5.75 Å². The lowest BCUT2D eigenvalue weighted by molar-refractivity contribution is -0.385. The fourth-order valence-corrected chi connectivity index (χ4v) is 7.26. The summed E-state index contributed by atoms with van der Waals surface area (Å²) in [6, 6.07) is 10.2. The molecule has 36 heavy (non-hydrogen) atoms. The number of phenolic OH excluding ortho intramolecular Hbond substituents is 1. The number of benzene rings is 2. The Hall–Kier alpha value is -4.01. The SMILES string of the molecule is O=C1NC(=O)N(c2ccc(C34CC5CC(CC(C5)C3)C4)cc2)C(=O)/C1=C/c1ccc(O)c([N+](=O)[O-])c1. The lowest BCUT2D eigenvalue weighted by Gasteiger charge is -2.57. The van der Waals surface area contributed by atoms with Gasteiger partial charge in [-0.15, -0.1) is 0 Å². The smallest absolute Gasteiger partial charge is 0.335 e. The molecule has 5 aliphatic rings. The number of barbiturate groups is 1. The third-order valence-electron chi connectivity index (χ3n) is 8.38. The van der Waals surface area contributed by atoms with Crippen LogP contribution in [0.1, 0.15) is 49.7 Å². The van der Waals surface area contributed by atoms with E-state index < -0.39 is 34.2 Å². The molecule has 184 valence electrons. The summed E-state index contributed by atoms with van der Waals surface area (Å²) < 4.78 is 0. The summed E-state index contributed by atoms with van der Waals surface area (Å²) in [5, 5.41) is 23.0. The fraction of sp³-hybridized carbons (Fsp3) is 0.370. The number of nitrogens with zero attached hydrogens (tertiary/aromatic N) is 2. The van der Waals surface area contributed by atoms with E-state index in [9.17, 15) is 29.6 Å². The molecule has 4 bridgehead atoms.